The Hall–Kier alpha value is -1.20. The number of hydrogen-bond acceptors (Lipinski definition) is 2. The number of carbonyl (C=O) groups excluding carboxylic acids is 1. The van der Waals surface area contributed by atoms with Crippen molar-refractivity contribution >= 4 is 18.3 Å². The zero-order valence-electron chi connectivity index (χ0n) is 13.4. The number of alkyl halides is 2. The molecule has 3 nitrogen and oxygen atoms in total. The van der Waals surface area contributed by atoms with Crippen LogP contribution in [0.2, 0.25) is 0 Å². The van der Waals surface area contributed by atoms with Crippen LogP contribution in [0.4, 0.5) is 8.78 Å². The highest BCUT2D eigenvalue weighted by molar-refractivity contribution is 5.94. The highest BCUT2D eigenvalue weighted by Gasteiger charge is 2.46. The molecule has 132 valence electrons. The molecule has 0 spiro atoms. The first-order valence-corrected chi connectivity index (χ1v) is 8.52. The minimum Gasteiger partial charge on any atom is -0.349 e. The van der Waals surface area contributed by atoms with Crippen molar-refractivity contribution in [2.45, 2.75) is 56.0 Å². The Morgan fingerprint density at radius 3 is 2.67 bits per heavy atom. The molecule has 3 fully saturated rings. The van der Waals surface area contributed by atoms with Crippen LogP contribution in [0.15, 0.2) is 24.3 Å². The van der Waals surface area contributed by atoms with Gasteiger partial charge in [-0.05, 0) is 49.4 Å². The van der Waals surface area contributed by atoms with Gasteiger partial charge in [0.2, 0.25) is 0 Å². The van der Waals surface area contributed by atoms with Crippen molar-refractivity contribution in [3.8, 4) is 0 Å². The number of benzene rings is 1. The number of nitrogens with one attached hydrogen (secondary N) is 2. The molecule has 0 heterocycles. The SMILES string of the molecule is Cl.O=C(NC1CC(F)(F)C1)c1cccc([C@@H]2C[C@H]2NCC2CC2)c1. The van der Waals surface area contributed by atoms with Crippen molar-refractivity contribution < 1.29 is 13.6 Å². The molecule has 0 aliphatic heterocycles. The van der Waals surface area contributed by atoms with Crippen LogP contribution in [-0.2, 0) is 0 Å². The van der Waals surface area contributed by atoms with Gasteiger partial charge < -0.3 is 10.6 Å². The van der Waals surface area contributed by atoms with E-state index in [1.54, 1.807) is 6.07 Å². The van der Waals surface area contributed by atoms with Crippen LogP contribution in [0.3, 0.4) is 0 Å². The third-order valence-corrected chi connectivity index (χ3v) is 5.16. The number of carbonyl (C=O) groups is 1. The fraction of sp³-hybridized carbons (Fsp3) is 0.611. The van der Waals surface area contributed by atoms with Crippen LogP contribution in [0.5, 0.6) is 0 Å². The summed E-state index contributed by atoms with van der Waals surface area (Å²) in [5, 5.41) is 6.29. The molecule has 0 bridgehead atoms. The zero-order valence-corrected chi connectivity index (χ0v) is 14.3. The quantitative estimate of drug-likeness (QED) is 0.819. The van der Waals surface area contributed by atoms with Gasteiger partial charge >= 0.3 is 0 Å². The molecule has 2 N–H and O–H groups in total. The van der Waals surface area contributed by atoms with E-state index in [1.807, 2.05) is 12.1 Å². The Labute approximate surface area is 147 Å². The normalized spacial score (nSPS) is 27.8. The third kappa shape index (κ3) is 4.06. The third-order valence-electron chi connectivity index (χ3n) is 5.16. The zero-order chi connectivity index (χ0) is 16.0. The van der Waals surface area contributed by atoms with Crippen LogP contribution in [0.25, 0.3) is 0 Å². The summed E-state index contributed by atoms with van der Waals surface area (Å²) in [4.78, 5) is 12.2. The molecule has 1 aromatic rings. The smallest absolute Gasteiger partial charge is 0.252 e. The van der Waals surface area contributed by atoms with E-state index < -0.39 is 12.0 Å². The van der Waals surface area contributed by atoms with Crippen LogP contribution in [0.1, 0.15) is 53.9 Å². The van der Waals surface area contributed by atoms with Gasteiger partial charge in [-0.25, -0.2) is 8.78 Å². The molecule has 3 saturated carbocycles. The Bertz CT molecular complexity index is 613. The maximum atomic E-state index is 12.8. The molecule has 6 heteroatoms. The molecule has 3 aliphatic carbocycles. The lowest BCUT2D eigenvalue weighted by molar-refractivity contribution is -0.0901. The maximum absolute atomic E-state index is 12.8. The number of halogens is 3. The van der Waals surface area contributed by atoms with Crippen molar-refractivity contribution in [3.05, 3.63) is 35.4 Å². The van der Waals surface area contributed by atoms with Crippen LogP contribution in [-0.4, -0.2) is 30.5 Å². The summed E-state index contributed by atoms with van der Waals surface area (Å²) in [6, 6.07) is 7.74. The molecule has 0 unspecified atom stereocenters. The summed E-state index contributed by atoms with van der Waals surface area (Å²) in [6.07, 6.45) is 3.33. The van der Waals surface area contributed by atoms with Gasteiger partial charge in [-0.3, -0.25) is 4.79 Å². The van der Waals surface area contributed by atoms with Gasteiger partial charge in [0.05, 0.1) is 0 Å². The predicted molar refractivity (Wildman–Crippen MR) is 91.0 cm³/mol. The summed E-state index contributed by atoms with van der Waals surface area (Å²) in [7, 11) is 0. The molecule has 1 aromatic carbocycles. The van der Waals surface area contributed by atoms with Crippen molar-refractivity contribution in [2.24, 2.45) is 5.92 Å². The monoisotopic (exact) mass is 356 g/mol. The lowest BCUT2D eigenvalue weighted by Gasteiger charge is -2.35. The molecule has 0 saturated heterocycles. The van der Waals surface area contributed by atoms with E-state index >= 15 is 0 Å². The van der Waals surface area contributed by atoms with Gasteiger partial charge in [0.15, 0.2) is 0 Å². The first kappa shape index (κ1) is 17.6. The summed E-state index contributed by atoms with van der Waals surface area (Å²) >= 11 is 0. The largest absolute Gasteiger partial charge is 0.349 e. The highest BCUT2D eigenvalue weighted by atomic mass is 35.5. The van der Waals surface area contributed by atoms with E-state index in [2.05, 4.69) is 16.7 Å². The molecule has 3 aliphatic rings. The number of hydrogen-bond donors (Lipinski definition) is 2. The van der Waals surface area contributed by atoms with Crippen molar-refractivity contribution in [2.75, 3.05) is 6.54 Å². The summed E-state index contributed by atoms with van der Waals surface area (Å²) in [5.41, 5.74) is 1.75. The summed E-state index contributed by atoms with van der Waals surface area (Å²) in [6.45, 7) is 1.11. The van der Waals surface area contributed by atoms with Crippen molar-refractivity contribution in [1.29, 1.82) is 0 Å². The molecule has 1 amide bonds. The first-order valence-electron chi connectivity index (χ1n) is 8.52. The number of rotatable bonds is 6. The fourth-order valence-electron chi connectivity index (χ4n) is 3.37. The minimum atomic E-state index is -2.60. The van der Waals surface area contributed by atoms with E-state index in [-0.39, 0.29) is 31.2 Å². The second-order valence-electron chi connectivity index (χ2n) is 7.36. The lowest BCUT2D eigenvalue weighted by Crippen LogP contribution is -2.50. The Kier molecular flexibility index (Phi) is 4.85. The average Bonchev–Trinajstić information content (AvgIpc) is 3.37. The highest BCUT2D eigenvalue weighted by Crippen LogP contribution is 2.42. The first-order chi connectivity index (χ1) is 11.0. The van der Waals surface area contributed by atoms with Crippen molar-refractivity contribution in [1.82, 2.24) is 10.6 Å². The molecule has 4 rings (SSSR count). The lowest BCUT2D eigenvalue weighted by atomic mass is 9.88. The Morgan fingerprint density at radius 2 is 2.00 bits per heavy atom. The molecular formula is C18H23ClF2N2O. The van der Waals surface area contributed by atoms with Crippen LogP contribution >= 0.6 is 12.4 Å². The molecule has 2 atom stereocenters. The minimum absolute atomic E-state index is 0. The fourth-order valence-corrected chi connectivity index (χ4v) is 3.37. The molecule has 0 aromatic heterocycles. The molecule has 0 radical (unpaired) electrons. The van der Waals surface area contributed by atoms with E-state index in [9.17, 15) is 13.6 Å². The predicted octanol–water partition coefficient (Wildman–Crippen LogP) is 3.49. The summed E-state index contributed by atoms with van der Waals surface area (Å²) < 4.78 is 25.7. The van der Waals surface area contributed by atoms with Gasteiger partial charge in [0.25, 0.3) is 11.8 Å². The van der Waals surface area contributed by atoms with Crippen molar-refractivity contribution in [3.63, 3.8) is 0 Å². The van der Waals surface area contributed by atoms with Gasteiger partial charge in [0.1, 0.15) is 0 Å². The van der Waals surface area contributed by atoms with E-state index in [0.29, 0.717) is 17.5 Å². The van der Waals surface area contributed by atoms with Gasteiger partial charge in [0, 0.05) is 36.4 Å². The van der Waals surface area contributed by atoms with E-state index in [0.717, 1.165) is 18.9 Å². The van der Waals surface area contributed by atoms with E-state index in [1.165, 1.54) is 18.4 Å². The van der Waals surface area contributed by atoms with Gasteiger partial charge in [-0.1, -0.05) is 12.1 Å². The Balaban J connectivity index is 0.00000169. The molecular weight excluding hydrogens is 334 g/mol. The molecule has 24 heavy (non-hydrogen) atoms. The second kappa shape index (κ2) is 6.60. The van der Waals surface area contributed by atoms with Crippen LogP contribution < -0.4 is 10.6 Å². The van der Waals surface area contributed by atoms with Gasteiger partial charge in [-0.2, -0.15) is 0 Å². The van der Waals surface area contributed by atoms with Crippen LogP contribution in [0, 0.1) is 5.92 Å². The van der Waals surface area contributed by atoms with Gasteiger partial charge in [-0.15, -0.1) is 12.4 Å². The topological polar surface area (TPSA) is 41.1 Å². The Morgan fingerprint density at radius 1 is 1.25 bits per heavy atom. The summed E-state index contributed by atoms with van der Waals surface area (Å²) in [5.74, 6) is -1.49. The standard InChI is InChI=1S/C18H22F2N2O.ClH/c19-18(20)8-14(9-18)22-17(23)13-3-1-2-12(6-13)15-7-16(15)21-10-11-4-5-11;/h1-3,6,11,14-16,21H,4-5,7-10H2,(H,22,23);1H/t15-,16+;/m0./s1. The maximum Gasteiger partial charge on any atom is 0.252 e. The second-order valence-corrected chi connectivity index (χ2v) is 7.36. The van der Waals surface area contributed by atoms with E-state index in [4.69, 9.17) is 0 Å². The average molecular weight is 357 g/mol. The number of amides is 1.